The molecule has 0 spiro atoms. The fraction of sp³-hybridized carbons (Fsp3) is 0.286. The molecule has 2 amide bonds. The molecule has 0 unspecified atom stereocenters. The highest BCUT2D eigenvalue weighted by molar-refractivity contribution is 5.93. The molecular weight excluding hydrogens is 356 g/mol. The van der Waals surface area contributed by atoms with Gasteiger partial charge in [0.15, 0.2) is 6.61 Å². The molecule has 0 bridgehead atoms. The van der Waals surface area contributed by atoms with Crippen molar-refractivity contribution in [3.8, 4) is 5.75 Å². The number of aryl methyl sites for hydroxylation is 1. The van der Waals surface area contributed by atoms with Gasteiger partial charge in [-0.25, -0.2) is 4.98 Å². The predicted molar refractivity (Wildman–Crippen MR) is 104 cm³/mol. The van der Waals surface area contributed by atoms with E-state index in [2.05, 4.69) is 4.98 Å². The number of rotatable bonds is 4. The highest BCUT2D eigenvalue weighted by Crippen LogP contribution is 2.13. The van der Waals surface area contributed by atoms with E-state index >= 15 is 0 Å². The van der Waals surface area contributed by atoms with Crippen LogP contribution in [0, 0.1) is 6.92 Å². The molecule has 0 N–H and O–H groups in total. The van der Waals surface area contributed by atoms with Crippen molar-refractivity contribution in [2.45, 2.75) is 6.92 Å². The fourth-order valence-electron chi connectivity index (χ4n) is 3.26. The molecule has 2 aromatic heterocycles. The maximum absolute atomic E-state index is 12.8. The number of carbonyl (C=O) groups is 2. The molecule has 3 heterocycles. The lowest BCUT2D eigenvalue weighted by molar-refractivity contribution is -0.134. The topological polar surface area (TPSA) is 67.2 Å². The van der Waals surface area contributed by atoms with Gasteiger partial charge in [-0.15, -0.1) is 0 Å². The van der Waals surface area contributed by atoms with Gasteiger partial charge in [-0.2, -0.15) is 0 Å². The van der Waals surface area contributed by atoms with Crippen molar-refractivity contribution in [2.24, 2.45) is 0 Å². The highest BCUT2D eigenvalue weighted by Gasteiger charge is 2.26. The average Bonchev–Trinajstić information content (AvgIpc) is 3.15. The molecule has 28 heavy (non-hydrogen) atoms. The van der Waals surface area contributed by atoms with Crippen LogP contribution in [0.2, 0.25) is 0 Å². The Kier molecular flexibility index (Phi) is 4.97. The van der Waals surface area contributed by atoms with Crippen molar-refractivity contribution in [3.05, 3.63) is 66.1 Å². The highest BCUT2D eigenvalue weighted by atomic mass is 16.5. The minimum absolute atomic E-state index is 0.00372. The number of imidazole rings is 1. The molecule has 3 aromatic rings. The largest absolute Gasteiger partial charge is 0.484 e. The van der Waals surface area contributed by atoms with Crippen molar-refractivity contribution in [1.29, 1.82) is 0 Å². The Morgan fingerprint density at radius 3 is 2.50 bits per heavy atom. The molecule has 1 aliphatic rings. The van der Waals surface area contributed by atoms with Gasteiger partial charge in [0.05, 0.1) is 0 Å². The predicted octanol–water partition coefficient (Wildman–Crippen LogP) is 2.01. The van der Waals surface area contributed by atoms with Gasteiger partial charge in [-0.05, 0) is 36.8 Å². The number of pyridine rings is 1. The van der Waals surface area contributed by atoms with Crippen LogP contribution in [-0.2, 0) is 4.79 Å². The van der Waals surface area contributed by atoms with Gasteiger partial charge in [0.2, 0.25) is 0 Å². The third-order valence-electron chi connectivity index (χ3n) is 4.86. The first-order chi connectivity index (χ1) is 13.6. The zero-order valence-electron chi connectivity index (χ0n) is 15.7. The molecule has 7 nitrogen and oxygen atoms in total. The third kappa shape index (κ3) is 3.83. The molecule has 0 radical (unpaired) electrons. The van der Waals surface area contributed by atoms with E-state index in [1.165, 1.54) is 0 Å². The van der Waals surface area contributed by atoms with Gasteiger partial charge in [-0.3, -0.25) is 9.59 Å². The Labute approximate surface area is 163 Å². The summed E-state index contributed by atoms with van der Waals surface area (Å²) in [6.07, 6.45) is 3.65. The fourth-order valence-corrected chi connectivity index (χ4v) is 3.26. The number of fused-ring (bicyclic) bond motifs is 1. The molecule has 0 saturated carbocycles. The lowest BCUT2D eigenvalue weighted by Gasteiger charge is -2.34. The minimum atomic E-state index is -0.103. The summed E-state index contributed by atoms with van der Waals surface area (Å²) in [7, 11) is 0. The second-order valence-corrected chi connectivity index (χ2v) is 6.87. The maximum Gasteiger partial charge on any atom is 0.274 e. The quantitative estimate of drug-likeness (QED) is 0.697. The van der Waals surface area contributed by atoms with Crippen LogP contribution in [-0.4, -0.2) is 63.8 Å². The summed E-state index contributed by atoms with van der Waals surface area (Å²) in [5.74, 6) is 0.500. The number of ether oxygens (including phenoxy) is 1. The van der Waals surface area contributed by atoms with Crippen LogP contribution in [0.1, 0.15) is 16.1 Å². The summed E-state index contributed by atoms with van der Waals surface area (Å²) in [4.78, 5) is 33.0. The summed E-state index contributed by atoms with van der Waals surface area (Å²) in [5.41, 5.74) is 2.29. The Morgan fingerprint density at radius 2 is 1.75 bits per heavy atom. The van der Waals surface area contributed by atoms with E-state index in [9.17, 15) is 9.59 Å². The van der Waals surface area contributed by atoms with E-state index in [0.717, 1.165) is 11.2 Å². The smallest absolute Gasteiger partial charge is 0.274 e. The van der Waals surface area contributed by atoms with Crippen LogP contribution in [0.15, 0.2) is 54.9 Å². The summed E-state index contributed by atoms with van der Waals surface area (Å²) >= 11 is 0. The molecule has 7 heteroatoms. The van der Waals surface area contributed by atoms with Gasteiger partial charge in [0, 0.05) is 38.6 Å². The Balaban J connectivity index is 1.32. The van der Waals surface area contributed by atoms with E-state index in [1.54, 1.807) is 16.0 Å². The number of piperazine rings is 1. The molecule has 1 aliphatic heterocycles. The number of para-hydroxylation sites is 1. The Bertz CT molecular complexity index is 991. The van der Waals surface area contributed by atoms with E-state index in [0.29, 0.717) is 37.6 Å². The molecular formula is C21H22N4O3. The lowest BCUT2D eigenvalue weighted by atomic mass is 10.3. The average molecular weight is 378 g/mol. The van der Waals surface area contributed by atoms with Crippen molar-refractivity contribution in [3.63, 3.8) is 0 Å². The van der Waals surface area contributed by atoms with Crippen LogP contribution < -0.4 is 4.74 Å². The zero-order chi connectivity index (χ0) is 19.5. The summed E-state index contributed by atoms with van der Waals surface area (Å²) in [6, 6.07) is 13.2. The number of hydrogen-bond donors (Lipinski definition) is 0. The molecule has 0 aliphatic carbocycles. The molecule has 1 fully saturated rings. The SMILES string of the molecule is Cc1ccn2cc(C(=O)N3CCN(C(=O)COc4ccccc4)CC3)nc2c1. The van der Waals surface area contributed by atoms with E-state index < -0.39 is 0 Å². The minimum Gasteiger partial charge on any atom is -0.484 e. The molecule has 4 rings (SSSR count). The number of nitrogens with zero attached hydrogens (tertiary/aromatic N) is 4. The van der Waals surface area contributed by atoms with Crippen molar-refractivity contribution in [2.75, 3.05) is 32.8 Å². The van der Waals surface area contributed by atoms with Gasteiger partial charge >= 0.3 is 0 Å². The van der Waals surface area contributed by atoms with Gasteiger partial charge < -0.3 is 18.9 Å². The van der Waals surface area contributed by atoms with Crippen LogP contribution in [0.25, 0.3) is 5.65 Å². The standard InChI is InChI=1S/C21H22N4O3/c1-16-7-8-25-14-18(22-19(25)13-16)21(27)24-11-9-23(10-12-24)20(26)15-28-17-5-3-2-4-6-17/h2-8,13-14H,9-12,15H2,1H3. The third-order valence-corrected chi connectivity index (χ3v) is 4.86. The number of hydrogen-bond acceptors (Lipinski definition) is 4. The van der Waals surface area contributed by atoms with Crippen LogP contribution >= 0.6 is 0 Å². The molecule has 1 saturated heterocycles. The van der Waals surface area contributed by atoms with Crippen LogP contribution in [0.5, 0.6) is 5.75 Å². The second-order valence-electron chi connectivity index (χ2n) is 6.87. The van der Waals surface area contributed by atoms with E-state index in [-0.39, 0.29) is 18.4 Å². The molecule has 1 aromatic carbocycles. The second kappa shape index (κ2) is 7.72. The van der Waals surface area contributed by atoms with Gasteiger partial charge in [0.25, 0.3) is 11.8 Å². The Hall–Kier alpha value is -3.35. The first kappa shape index (κ1) is 18.0. The summed E-state index contributed by atoms with van der Waals surface area (Å²) < 4.78 is 7.37. The monoisotopic (exact) mass is 378 g/mol. The molecule has 0 atom stereocenters. The van der Waals surface area contributed by atoms with E-state index in [4.69, 9.17) is 4.74 Å². The number of benzene rings is 1. The number of carbonyl (C=O) groups excluding carboxylic acids is 2. The normalized spacial score (nSPS) is 14.3. The number of aromatic nitrogens is 2. The van der Waals surface area contributed by atoms with Crippen LogP contribution in [0.4, 0.5) is 0 Å². The summed E-state index contributed by atoms with van der Waals surface area (Å²) in [6.45, 7) is 3.97. The first-order valence-electron chi connectivity index (χ1n) is 9.30. The summed E-state index contributed by atoms with van der Waals surface area (Å²) in [5, 5.41) is 0. The van der Waals surface area contributed by atoms with Crippen molar-refractivity contribution < 1.29 is 14.3 Å². The Morgan fingerprint density at radius 1 is 1.04 bits per heavy atom. The van der Waals surface area contributed by atoms with Gasteiger partial charge in [-0.1, -0.05) is 18.2 Å². The maximum atomic E-state index is 12.8. The number of amides is 2. The van der Waals surface area contributed by atoms with Crippen molar-refractivity contribution in [1.82, 2.24) is 19.2 Å². The van der Waals surface area contributed by atoms with Gasteiger partial charge in [0.1, 0.15) is 17.1 Å². The lowest BCUT2D eigenvalue weighted by Crippen LogP contribution is -2.51. The molecule has 144 valence electrons. The first-order valence-corrected chi connectivity index (χ1v) is 9.30. The van der Waals surface area contributed by atoms with E-state index in [1.807, 2.05) is 60.0 Å². The van der Waals surface area contributed by atoms with Crippen molar-refractivity contribution >= 4 is 17.5 Å². The zero-order valence-corrected chi connectivity index (χ0v) is 15.7. The van der Waals surface area contributed by atoms with Crippen LogP contribution in [0.3, 0.4) is 0 Å².